The van der Waals surface area contributed by atoms with E-state index in [1.807, 2.05) is 12.1 Å². The molecule has 1 aliphatic carbocycles. The lowest BCUT2D eigenvalue weighted by molar-refractivity contribution is 0.100. The Labute approximate surface area is 177 Å². The minimum Gasteiger partial charge on any atom is -0.366 e. The van der Waals surface area contributed by atoms with Crippen molar-refractivity contribution in [3.8, 4) is 0 Å². The molecule has 2 aromatic rings. The number of piperidine rings is 1. The average molecular weight is 407 g/mol. The lowest BCUT2D eigenvalue weighted by Crippen LogP contribution is -2.57. The molecular weight excluding hydrogens is 376 g/mol. The number of allylic oxidation sites excluding steroid dienone is 2. The second-order valence-electron chi connectivity index (χ2n) is 8.15. The zero-order valence-electron chi connectivity index (χ0n) is 17.6. The smallest absolute Gasteiger partial charge is 0.250 e. The van der Waals surface area contributed by atoms with E-state index in [2.05, 4.69) is 44.9 Å². The molecule has 4 rings (SSSR count). The molecule has 1 saturated heterocycles. The van der Waals surface area contributed by atoms with E-state index in [-0.39, 0.29) is 0 Å². The molecule has 0 spiro atoms. The topological polar surface area (TPSA) is 101 Å². The van der Waals surface area contributed by atoms with Crippen molar-refractivity contribution in [2.45, 2.75) is 44.7 Å². The van der Waals surface area contributed by atoms with E-state index >= 15 is 0 Å². The van der Waals surface area contributed by atoms with Crippen LogP contribution in [-0.2, 0) is 0 Å². The van der Waals surface area contributed by atoms with Crippen molar-refractivity contribution < 1.29 is 4.79 Å². The van der Waals surface area contributed by atoms with E-state index in [9.17, 15) is 4.79 Å². The summed E-state index contributed by atoms with van der Waals surface area (Å²) < 4.78 is 0. The molecule has 0 radical (unpaired) electrons. The fourth-order valence-electron chi connectivity index (χ4n) is 4.54. The van der Waals surface area contributed by atoms with E-state index in [0.29, 0.717) is 17.5 Å². The van der Waals surface area contributed by atoms with Crippen LogP contribution in [0.1, 0.15) is 49.4 Å². The maximum Gasteiger partial charge on any atom is 0.250 e. The van der Waals surface area contributed by atoms with Gasteiger partial charge in [0.05, 0.1) is 16.7 Å². The zero-order valence-corrected chi connectivity index (χ0v) is 17.6. The highest BCUT2D eigenvalue weighted by molar-refractivity contribution is 6.07. The SMILES string of the molecule is CCCN(C1=CC=CC(N)(N2CCCCC2)C1)c1ncnc2c(C(N)=O)cccc12. The number of likely N-dealkylation sites (tertiary alicyclic amines) is 1. The van der Waals surface area contributed by atoms with Crippen LogP contribution in [0.5, 0.6) is 0 Å². The molecule has 1 unspecified atom stereocenters. The molecule has 7 nitrogen and oxygen atoms in total. The van der Waals surface area contributed by atoms with E-state index in [0.717, 1.165) is 43.0 Å². The maximum absolute atomic E-state index is 11.9. The van der Waals surface area contributed by atoms with Gasteiger partial charge in [-0.2, -0.15) is 0 Å². The Morgan fingerprint density at radius 3 is 2.77 bits per heavy atom. The van der Waals surface area contributed by atoms with Crippen LogP contribution in [0.15, 0.2) is 48.5 Å². The predicted molar refractivity (Wildman–Crippen MR) is 120 cm³/mol. The number of amides is 1. The standard InChI is InChI=1S/C23H30N6O/c1-2-12-29(17-8-7-11-23(25,15-17)28-13-4-3-5-14-28)22-19-10-6-9-18(21(24)30)20(19)26-16-27-22/h6-11,16H,2-5,12-15,25H2,1H3,(H2,24,30). The molecule has 1 aromatic heterocycles. The number of para-hydroxylation sites is 1. The molecule has 0 bridgehead atoms. The van der Waals surface area contributed by atoms with Crippen LogP contribution in [0.3, 0.4) is 0 Å². The summed E-state index contributed by atoms with van der Waals surface area (Å²) in [5.41, 5.74) is 14.1. The van der Waals surface area contributed by atoms with Gasteiger partial charge in [-0.1, -0.05) is 25.5 Å². The third-order valence-corrected chi connectivity index (χ3v) is 6.04. The third kappa shape index (κ3) is 3.82. The molecule has 1 amide bonds. The summed E-state index contributed by atoms with van der Waals surface area (Å²) in [4.78, 5) is 25.5. The number of rotatable bonds is 6. The number of nitrogens with two attached hydrogens (primary N) is 2. The number of hydrogen-bond acceptors (Lipinski definition) is 6. The summed E-state index contributed by atoms with van der Waals surface area (Å²) in [7, 11) is 0. The van der Waals surface area contributed by atoms with Gasteiger partial charge in [-0.05, 0) is 43.5 Å². The number of carbonyl (C=O) groups excluding carboxylic acids is 1. The second-order valence-corrected chi connectivity index (χ2v) is 8.15. The molecule has 7 heteroatoms. The summed E-state index contributed by atoms with van der Waals surface area (Å²) in [6.45, 7) is 4.99. The molecule has 1 aromatic carbocycles. The first-order valence-corrected chi connectivity index (χ1v) is 10.8. The number of carbonyl (C=O) groups is 1. The van der Waals surface area contributed by atoms with E-state index in [1.165, 1.54) is 25.6 Å². The Bertz CT molecular complexity index is 994. The summed E-state index contributed by atoms with van der Waals surface area (Å²) in [5.74, 6) is 0.297. The number of primary amides is 1. The van der Waals surface area contributed by atoms with Crippen molar-refractivity contribution in [3.05, 3.63) is 54.0 Å². The van der Waals surface area contributed by atoms with E-state index in [1.54, 1.807) is 6.07 Å². The van der Waals surface area contributed by atoms with Gasteiger partial charge in [-0.25, -0.2) is 9.97 Å². The van der Waals surface area contributed by atoms with Crippen LogP contribution < -0.4 is 16.4 Å². The van der Waals surface area contributed by atoms with Gasteiger partial charge in [-0.15, -0.1) is 0 Å². The molecule has 1 fully saturated rings. The third-order valence-electron chi connectivity index (χ3n) is 6.04. The largest absolute Gasteiger partial charge is 0.366 e. The monoisotopic (exact) mass is 406 g/mol. The number of fused-ring (bicyclic) bond motifs is 1. The summed E-state index contributed by atoms with van der Waals surface area (Å²) in [6.07, 6.45) is 13.1. The van der Waals surface area contributed by atoms with Crippen LogP contribution in [0.25, 0.3) is 10.9 Å². The summed E-state index contributed by atoms with van der Waals surface area (Å²) in [5, 5.41) is 0.818. The van der Waals surface area contributed by atoms with Crippen molar-refractivity contribution in [2.24, 2.45) is 11.5 Å². The van der Waals surface area contributed by atoms with Gasteiger partial charge >= 0.3 is 0 Å². The summed E-state index contributed by atoms with van der Waals surface area (Å²) >= 11 is 0. The highest BCUT2D eigenvalue weighted by Crippen LogP contribution is 2.34. The normalized spacial score (nSPS) is 22.1. The molecule has 2 aliphatic rings. The molecular formula is C23H30N6O. The number of aromatic nitrogens is 2. The van der Waals surface area contributed by atoms with Crippen molar-refractivity contribution in [1.82, 2.24) is 14.9 Å². The van der Waals surface area contributed by atoms with Gasteiger partial charge in [0.15, 0.2) is 0 Å². The minimum absolute atomic E-state index is 0.409. The Hall–Kier alpha value is -2.77. The number of benzene rings is 1. The fourth-order valence-corrected chi connectivity index (χ4v) is 4.54. The highest BCUT2D eigenvalue weighted by Gasteiger charge is 2.35. The van der Waals surface area contributed by atoms with Crippen molar-refractivity contribution in [2.75, 3.05) is 24.5 Å². The van der Waals surface area contributed by atoms with E-state index in [4.69, 9.17) is 11.5 Å². The van der Waals surface area contributed by atoms with Gasteiger partial charge in [0.25, 0.3) is 5.91 Å². The molecule has 158 valence electrons. The molecule has 30 heavy (non-hydrogen) atoms. The van der Waals surface area contributed by atoms with Crippen LogP contribution >= 0.6 is 0 Å². The molecule has 0 saturated carbocycles. The van der Waals surface area contributed by atoms with Gasteiger partial charge in [0, 0.05) is 37.1 Å². The van der Waals surface area contributed by atoms with Crippen molar-refractivity contribution in [1.29, 1.82) is 0 Å². The highest BCUT2D eigenvalue weighted by atomic mass is 16.1. The maximum atomic E-state index is 11.9. The number of hydrogen-bond donors (Lipinski definition) is 2. The van der Waals surface area contributed by atoms with Crippen LogP contribution in [0.2, 0.25) is 0 Å². The van der Waals surface area contributed by atoms with E-state index < -0.39 is 11.6 Å². The molecule has 1 aliphatic heterocycles. The van der Waals surface area contributed by atoms with Crippen LogP contribution in [0.4, 0.5) is 5.82 Å². The number of nitrogens with zero attached hydrogens (tertiary/aromatic N) is 4. The quantitative estimate of drug-likeness (QED) is 0.765. The molecule has 1 atom stereocenters. The van der Waals surface area contributed by atoms with Crippen molar-refractivity contribution >= 4 is 22.6 Å². The lowest BCUT2D eigenvalue weighted by atomic mass is 9.94. The first-order valence-electron chi connectivity index (χ1n) is 10.8. The molecule has 2 heterocycles. The van der Waals surface area contributed by atoms with Gasteiger partial charge in [0.2, 0.25) is 0 Å². The van der Waals surface area contributed by atoms with Crippen LogP contribution in [-0.4, -0.2) is 46.1 Å². The summed E-state index contributed by atoms with van der Waals surface area (Å²) in [6, 6.07) is 5.48. The second kappa shape index (κ2) is 8.53. The Kier molecular flexibility index (Phi) is 5.83. The first-order chi connectivity index (χ1) is 14.5. The predicted octanol–water partition coefficient (Wildman–Crippen LogP) is 2.93. The Morgan fingerprint density at radius 1 is 1.23 bits per heavy atom. The lowest BCUT2D eigenvalue weighted by Gasteiger charge is -2.44. The Morgan fingerprint density at radius 2 is 2.03 bits per heavy atom. The van der Waals surface area contributed by atoms with Crippen molar-refractivity contribution in [3.63, 3.8) is 0 Å². The van der Waals surface area contributed by atoms with Gasteiger partial charge in [0.1, 0.15) is 12.1 Å². The fraction of sp³-hybridized carbons (Fsp3) is 0.435. The average Bonchev–Trinajstić information content (AvgIpc) is 2.77. The number of anilines is 1. The Balaban J connectivity index is 1.73. The van der Waals surface area contributed by atoms with Gasteiger partial charge < -0.3 is 16.4 Å². The minimum atomic E-state index is -0.488. The van der Waals surface area contributed by atoms with Gasteiger partial charge in [-0.3, -0.25) is 9.69 Å². The first kappa shape index (κ1) is 20.5. The molecule has 4 N–H and O–H groups in total. The van der Waals surface area contributed by atoms with Crippen LogP contribution in [0, 0.1) is 0 Å². The zero-order chi connectivity index (χ0) is 21.1.